The zero-order chi connectivity index (χ0) is 13.8. The molecule has 0 spiro atoms. The minimum Gasteiger partial charge on any atom is -0.342 e. The summed E-state index contributed by atoms with van der Waals surface area (Å²) >= 11 is 0. The maximum absolute atomic E-state index is 12.1. The van der Waals surface area contributed by atoms with Crippen LogP contribution in [0.5, 0.6) is 0 Å². The first-order chi connectivity index (χ1) is 9.84. The molecule has 1 aliphatic carbocycles. The van der Waals surface area contributed by atoms with Gasteiger partial charge in [0.25, 0.3) is 0 Å². The van der Waals surface area contributed by atoms with Gasteiger partial charge in [-0.1, -0.05) is 30.7 Å². The maximum Gasteiger partial charge on any atom is 0.236 e. The number of fused-ring (bicyclic) bond motifs is 1. The van der Waals surface area contributed by atoms with E-state index in [-0.39, 0.29) is 5.91 Å². The van der Waals surface area contributed by atoms with Crippen molar-refractivity contribution in [2.75, 3.05) is 19.6 Å². The topological polar surface area (TPSA) is 32.3 Å². The zero-order valence-electron chi connectivity index (χ0n) is 12.1. The summed E-state index contributed by atoms with van der Waals surface area (Å²) < 4.78 is 0. The molecule has 1 N–H and O–H groups in total. The van der Waals surface area contributed by atoms with Crippen molar-refractivity contribution in [1.29, 1.82) is 0 Å². The summed E-state index contributed by atoms with van der Waals surface area (Å²) in [5.74, 6) is 0.268. The quantitative estimate of drug-likeness (QED) is 0.858. The highest BCUT2D eigenvalue weighted by atomic mass is 16.2. The predicted octanol–water partition coefficient (Wildman–Crippen LogP) is 2.67. The molecule has 1 aliphatic heterocycles. The molecular formula is C17H24N2O. The molecule has 1 amide bonds. The van der Waals surface area contributed by atoms with E-state index in [0.717, 1.165) is 32.4 Å². The largest absolute Gasteiger partial charge is 0.342 e. The lowest BCUT2D eigenvalue weighted by Crippen LogP contribution is -2.37. The fourth-order valence-corrected chi connectivity index (χ4v) is 3.42. The number of carbonyl (C=O) groups is 1. The Morgan fingerprint density at radius 2 is 1.95 bits per heavy atom. The second kappa shape index (κ2) is 6.40. The molecular weight excluding hydrogens is 248 g/mol. The summed E-state index contributed by atoms with van der Waals surface area (Å²) in [7, 11) is 0. The van der Waals surface area contributed by atoms with Crippen LogP contribution in [-0.2, 0) is 11.2 Å². The summed E-state index contributed by atoms with van der Waals surface area (Å²) in [5.41, 5.74) is 2.86. The first-order valence-electron chi connectivity index (χ1n) is 7.93. The fraction of sp³-hybridized carbons (Fsp3) is 0.588. The molecule has 1 aromatic rings. The van der Waals surface area contributed by atoms with Gasteiger partial charge >= 0.3 is 0 Å². The van der Waals surface area contributed by atoms with E-state index in [1.54, 1.807) is 0 Å². The van der Waals surface area contributed by atoms with Crippen molar-refractivity contribution in [2.24, 2.45) is 0 Å². The molecule has 1 aromatic carbocycles. The van der Waals surface area contributed by atoms with Crippen LogP contribution in [-0.4, -0.2) is 30.4 Å². The summed E-state index contributed by atoms with van der Waals surface area (Å²) in [4.78, 5) is 14.1. The van der Waals surface area contributed by atoms with Crippen LogP contribution in [0.1, 0.15) is 49.3 Å². The van der Waals surface area contributed by atoms with Crippen LogP contribution in [0.4, 0.5) is 0 Å². The Balaban J connectivity index is 1.63. The van der Waals surface area contributed by atoms with E-state index in [4.69, 9.17) is 0 Å². The number of rotatable bonds is 3. The third kappa shape index (κ3) is 3.04. The average molecular weight is 272 g/mol. The third-order valence-corrected chi connectivity index (χ3v) is 4.58. The number of likely N-dealkylation sites (tertiary alicyclic amines) is 1. The molecule has 20 heavy (non-hydrogen) atoms. The summed E-state index contributed by atoms with van der Waals surface area (Å²) in [6.45, 7) is 2.38. The van der Waals surface area contributed by atoms with Gasteiger partial charge in [-0.3, -0.25) is 4.79 Å². The molecule has 0 aromatic heterocycles. The number of amides is 1. The van der Waals surface area contributed by atoms with Crippen LogP contribution in [0.15, 0.2) is 24.3 Å². The van der Waals surface area contributed by atoms with Crippen LogP contribution in [0.3, 0.4) is 0 Å². The molecule has 2 aliphatic rings. The van der Waals surface area contributed by atoms with Crippen LogP contribution < -0.4 is 5.32 Å². The van der Waals surface area contributed by atoms with E-state index in [0.29, 0.717) is 12.6 Å². The fourth-order valence-electron chi connectivity index (χ4n) is 3.42. The molecule has 3 rings (SSSR count). The first kappa shape index (κ1) is 13.6. The Morgan fingerprint density at radius 3 is 2.80 bits per heavy atom. The molecule has 3 heteroatoms. The number of nitrogens with zero attached hydrogens (tertiary/aromatic N) is 1. The Bertz CT molecular complexity index is 466. The van der Waals surface area contributed by atoms with Crippen molar-refractivity contribution in [1.82, 2.24) is 10.2 Å². The van der Waals surface area contributed by atoms with Crippen molar-refractivity contribution in [3.63, 3.8) is 0 Å². The van der Waals surface area contributed by atoms with E-state index in [1.807, 2.05) is 4.90 Å². The van der Waals surface area contributed by atoms with Crippen molar-refractivity contribution in [3.05, 3.63) is 35.4 Å². The highest BCUT2D eigenvalue weighted by Gasteiger charge is 2.21. The number of aryl methyl sites for hydroxylation is 1. The SMILES string of the molecule is O=C(CNC1CCCCc2ccccc21)N1CCCC1. The molecule has 0 radical (unpaired) electrons. The van der Waals surface area contributed by atoms with E-state index < -0.39 is 0 Å². The molecule has 1 heterocycles. The van der Waals surface area contributed by atoms with Crippen LogP contribution in [0, 0.1) is 0 Å². The first-order valence-corrected chi connectivity index (χ1v) is 7.93. The van der Waals surface area contributed by atoms with E-state index >= 15 is 0 Å². The number of benzene rings is 1. The molecule has 1 saturated heterocycles. The van der Waals surface area contributed by atoms with Crippen molar-refractivity contribution in [2.45, 2.75) is 44.6 Å². The lowest BCUT2D eigenvalue weighted by atomic mass is 9.99. The predicted molar refractivity (Wildman–Crippen MR) is 80.6 cm³/mol. The van der Waals surface area contributed by atoms with E-state index in [2.05, 4.69) is 29.6 Å². The second-order valence-electron chi connectivity index (χ2n) is 5.97. The summed E-state index contributed by atoms with van der Waals surface area (Å²) in [6, 6.07) is 9.04. The Morgan fingerprint density at radius 1 is 1.15 bits per heavy atom. The lowest BCUT2D eigenvalue weighted by Gasteiger charge is -2.21. The van der Waals surface area contributed by atoms with Gasteiger partial charge in [0, 0.05) is 19.1 Å². The van der Waals surface area contributed by atoms with Gasteiger partial charge in [0.05, 0.1) is 6.54 Å². The van der Waals surface area contributed by atoms with Gasteiger partial charge in [0.15, 0.2) is 0 Å². The van der Waals surface area contributed by atoms with Crippen LogP contribution in [0.2, 0.25) is 0 Å². The van der Waals surface area contributed by atoms with Gasteiger partial charge in [0.1, 0.15) is 0 Å². The minimum atomic E-state index is 0.268. The van der Waals surface area contributed by atoms with Gasteiger partial charge in [-0.05, 0) is 43.2 Å². The van der Waals surface area contributed by atoms with Gasteiger partial charge in [-0.15, -0.1) is 0 Å². The maximum atomic E-state index is 12.1. The lowest BCUT2D eigenvalue weighted by molar-refractivity contribution is -0.129. The second-order valence-corrected chi connectivity index (χ2v) is 5.97. The number of hydrogen-bond donors (Lipinski definition) is 1. The van der Waals surface area contributed by atoms with Crippen LogP contribution in [0.25, 0.3) is 0 Å². The van der Waals surface area contributed by atoms with Crippen molar-refractivity contribution in [3.8, 4) is 0 Å². The van der Waals surface area contributed by atoms with Gasteiger partial charge in [0.2, 0.25) is 5.91 Å². The van der Waals surface area contributed by atoms with E-state index in [9.17, 15) is 4.79 Å². The number of nitrogens with one attached hydrogen (secondary N) is 1. The monoisotopic (exact) mass is 272 g/mol. The Kier molecular flexibility index (Phi) is 4.36. The molecule has 1 unspecified atom stereocenters. The normalized spacial score (nSPS) is 22.4. The zero-order valence-corrected chi connectivity index (χ0v) is 12.1. The van der Waals surface area contributed by atoms with Crippen molar-refractivity contribution >= 4 is 5.91 Å². The van der Waals surface area contributed by atoms with Gasteiger partial charge in [-0.2, -0.15) is 0 Å². The third-order valence-electron chi connectivity index (χ3n) is 4.58. The summed E-state index contributed by atoms with van der Waals surface area (Å²) in [5, 5.41) is 3.50. The molecule has 0 saturated carbocycles. The molecule has 1 atom stereocenters. The minimum absolute atomic E-state index is 0.268. The average Bonchev–Trinajstić information content (AvgIpc) is 2.93. The Labute approximate surface area is 121 Å². The van der Waals surface area contributed by atoms with E-state index in [1.165, 1.54) is 30.4 Å². The van der Waals surface area contributed by atoms with Crippen LogP contribution >= 0.6 is 0 Å². The molecule has 3 nitrogen and oxygen atoms in total. The molecule has 1 fully saturated rings. The number of hydrogen-bond acceptors (Lipinski definition) is 2. The standard InChI is InChI=1S/C17H24N2O/c20-17(19-11-5-6-12-19)13-18-16-10-4-2-8-14-7-1-3-9-15(14)16/h1,3,7,9,16,18H,2,4-6,8,10-13H2. The number of carbonyl (C=O) groups excluding carboxylic acids is 1. The molecule has 108 valence electrons. The summed E-state index contributed by atoms with van der Waals surface area (Å²) in [6.07, 6.45) is 7.15. The molecule has 0 bridgehead atoms. The Hall–Kier alpha value is -1.35. The van der Waals surface area contributed by atoms with Crippen molar-refractivity contribution < 1.29 is 4.79 Å². The van der Waals surface area contributed by atoms with Gasteiger partial charge in [-0.25, -0.2) is 0 Å². The smallest absolute Gasteiger partial charge is 0.236 e. The highest BCUT2D eigenvalue weighted by molar-refractivity contribution is 5.78. The van der Waals surface area contributed by atoms with Gasteiger partial charge < -0.3 is 10.2 Å². The highest BCUT2D eigenvalue weighted by Crippen LogP contribution is 2.28.